The second kappa shape index (κ2) is 8.11. The molecule has 1 aromatic heterocycles. The highest BCUT2D eigenvalue weighted by Crippen LogP contribution is 2.24. The maximum Gasteiger partial charge on any atom is 0.333 e. The van der Waals surface area contributed by atoms with Gasteiger partial charge in [-0.25, -0.2) is 9.78 Å². The maximum absolute atomic E-state index is 11.7. The van der Waals surface area contributed by atoms with E-state index in [4.69, 9.17) is 9.72 Å². The molecule has 0 N–H and O–H groups in total. The van der Waals surface area contributed by atoms with Crippen LogP contribution in [0.5, 0.6) is 0 Å². The monoisotopic (exact) mass is 322 g/mol. The Kier molecular flexibility index (Phi) is 5.90. The van der Waals surface area contributed by atoms with Gasteiger partial charge in [0.1, 0.15) is 12.4 Å². The van der Waals surface area contributed by atoms with Crippen LogP contribution < -0.4 is 0 Å². The van der Waals surface area contributed by atoms with Crippen molar-refractivity contribution in [3.05, 3.63) is 79.2 Å². The summed E-state index contributed by atoms with van der Waals surface area (Å²) < 4.78 is 7.37. The number of hydrogen-bond donors (Lipinski definition) is 0. The minimum atomic E-state index is -0.410. The van der Waals surface area contributed by atoms with E-state index in [9.17, 15) is 4.79 Å². The van der Waals surface area contributed by atoms with Gasteiger partial charge in [0.15, 0.2) is 0 Å². The van der Waals surface area contributed by atoms with Crippen LogP contribution in [0, 0.1) is 0 Å². The topological polar surface area (TPSA) is 44.1 Å². The van der Waals surface area contributed by atoms with Crippen molar-refractivity contribution in [2.45, 2.75) is 26.5 Å². The Balaban J connectivity index is 2.47. The van der Waals surface area contributed by atoms with Crippen LogP contribution in [0.2, 0.25) is 0 Å². The zero-order chi connectivity index (χ0) is 17.5. The SMILES string of the molecule is C=CCc1nc(-c2ccccc2)n(CC=C)c1COC(=O)C(=C)C. The fourth-order valence-corrected chi connectivity index (χ4v) is 2.39. The first-order valence-corrected chi connectivity index (χ1v) is 7.76. The molecule has 0 fully saturated rings. The van der Waals surface area contributed by atoms with Crippen molar-refractivity contribution in [2.75, 3.05) is 0 Å². The van der Waals surface area contributed by atoms with Crippen molar-refractivity contribution >= 4 is 5.97 Å². The highest BCUT2D eigenvalue weighted by atomic mass is 16.5. The van der Waals surface area contributed by atoms with E-state index in [1.54, 1.807) is 19.1 Å². The van der Waals surface area contributed by atoms with Crippen LogP contribution in [-0.2, 0) is 29.1 Å². The quantitative estimate of drug-likeness (QED) is 0.418. The molecule has 124 valence electrons. The summed E-state index contributed by atoms with van der Waals surface area (Å²) in [6.45, 7) is 13.6. The molecule has 0 spiro atoms. The van der Waals surface area contributed by atoms with Crippen LogP contribution in [0.4, 0.5) is 0 Å². The summed E-state index contributed by atoms with van der Waals surface area (Å²) in [5.41, 5.74) is 3.07. The molecule has 1 aromatic carbocycles. The number of esters is 1. The van der Waals surface area contributed by atoms with Crippen LogP contribution >= 0.6 is 0 Å². The average molecular weight is 322 g/mol. The molecule has 1 heterocycles. The minimum Gasteiger partial charge on any atom is -0.456 e. The smallest absolute Gasteiger partial charge is 0.333 e. The highest BCUT2D eigenvalue weighted by Gasteiger charge is 2.18. The standard InChI is InChI=1S/C20H22N2O2/c1-5-10-17-18(14-24-20(23)15(3)4)22(13-6-2)19(21-17)16-11-8-7-9-12-16/h5-9,11-12H,1-3,10,13-14H2,4H3. The molecule has 4 nitrogen and oxygen atoms in total. The first-order valence-electron chi connectivity index (χ1n) is 7.76. The lowest BCUT2D eigenvalue weighted by Gasteiger charge is -2.11. The molecule has 2 rings (SSSR count). The van der Waals surface area contributed by atoms with Gasteiger partial charge in [-0.2, -0.15) is 0 Å². The molecular formula is C20H22N2O2. The molecular weight excluding hydrogens is 300 g/mol. The number of allylic oxidation sites excluding steroid dienone is 2. The third-order valence-electron chi connectivity index (χ3n) is 3.53. The van der Waals surface area contributed by atoms with Gasteiger partial charge in [0.25, 0.3) is 0 Å². The molecule has 0 aliphatic heterocycles. The molecule has 0 aliphatic rings. The van der Waals surface area contributed by atoms with Gasteiger partial charge in [-0.05, 0) is 6.92 Å². The van der Waals surface area contributed by atoms with Gasteiger partial charge in [-0.1, -0.05) is 49.1 Å². The van der Waals surface area contributed by atoms with E-state index in [0.717, 1.165) is 22.8 Å². The number of benzene rings is 1. The lowest BCUT2D eigenvalue weighted by molar-refractivity contribution is -0.140. The number of hydrogen-bond acceptors (Lipinski definition) is 3. The summed E-state index contributed by atoms with van der Waals surface area (Å²) in [4.78, 5) is 16.5. The minimum absolute atomic E-state index is 0.141. The van der Waals surface area contributed by atoms with E-state index in [2.05, 4.69) is 19.7 Å². The predicted octanol–water partition coefficient (Wildman–Crippen LogP) is 4.08. The fourth-order valence-electron chi connectivity index (χ4n) is 2.39. The molecule has 4 heteroatoms. The van der Waals surface area contributed by atoms with Gasteiger partial charge in [0.05, 0.1) is 11.4 Å². The van der Waals surface area contributed by atoms with Crippen LogP contribution in [0.1, 0.15) is 18.3 Å². The molecule has 24 heavy (non-hydrogen) atoms. The third-order valence-corrected chi connectivity index (χ3v) is 3.53. The lowest BCUT2D eigenvalue weighted by Crippen LogP contribution is -2.11. The number of ether oxygens (including phenoxy) is 1. The zero-order valence-corrected chi connectivity index (χ0v) is 14.0. The van der Waals surface area contributed by atoms with Crippen LogP contribution in [-0.4, -0.2) is 15.5 Å². The Morgan fingerprint density at radius 3 is 2.54 bits per heavy atom. The van der Waals surface area contributed by atoms with E-state index < -0.39 is 5.97 Å². The number of carbonyl (C=O) groups is 1. The van der Waals surface area contributed by atoms with Crippen LogP contribution in [0.3, 0.4) is 0 Å². The van der Waals surface area contributed by atoms with E-state index in [0.29, 0.717) is 18.5 Å². The van der Waals surface area contributed by atoms with Crippen molar-refractivity contribution in [3.63, 3.8) is 0 Å². The largest absolute Gasteiger partial charge is 0.456 e. The van der Waals surface area contributed by atoms with Gasteiger partial charge in [-0.15, -0.1) is 13.2 Å². The van der Waals surface area contributed by atoms with Crippen LogP contribution in [0.25, 0.3) is 11.4 Å². The number of carbonyl (C=O) groups excluding carboxylic acids is 1. The van der Waals surface area contributed by atoms with E-state index in [1.165, 1.54) is 0 Å². The molecule has 0 unspecified atom stereocenters. The molecule has 0 saturated carbocycles. The average Bonchev–Trinajstić information content (AvgIpc) is 2.91. The number of rotatable bonds is 8. The summed E-state index contributed by atoms with van der Waals surface area (Å²) in [7, 11) is 0. The van der Waals surface area contributed by atoms with Crippen molar-refractivity contribution in [1.29, 1.82) is 0 Å². The normalized spacial score (nSPS) is 10.2. The van der Waals surface area contributed by atoms with Crippen molar-refractivity contribution in [2.24, 2.45) is 0 Å². The molecule has 0 amide bonds. The second-order valence-electron chi connectivity index (χ2n) is 5.44. The molecule has 0 radical (unpaired) electrons. The molecule has 0 aliphatic carbocycles. The van der Waals surface area contributed by atoms with E-state index >= 15 is 0 Å². The van der Waals surface area contributed by atoms with Gasteiger partial charge in [0.2, 0.25) is 0 Å². The Morgan fingerprint density at radius 2 is 1.96 bits per heavy atom. The van der Waals surface area contributed by atoms with E-state index in [1.807, 2.05) is 34.9 Å². The molecule has 2 aromatic rings. The van der Waals surface area contributed by atoms with Crippen LogP contribution in [0.15, 0.2) is 67.8 Å². The fraction of sp³-hybridized carbons (Fsp3) is 0.200. The number of nitrogens with zero attached hydrogens (tertiary/aromatic N) is 2. The zero-order valence-electron chi connectivity index (χ0n) is 14.0. The molecule has 0 saturated heterocycles. The summed E-state index contributed by atoms with van der Waals surface area (Å²) in [6, 6.07) is 9.91. The Bertz CT molecular complexity index is 757. The number of imidazole rings is 1. The summed E-state index contributed by atoms with van der Waals surface area (Å²) in [5.74, 6) is 0.417. The molecule has 0 bridgehead atoms. The van der Waals surface area contributed by atoms with Crippen molar-refractivity contribution in [3.8, 4) is 11.4 Å². The van der Waals surface area contributed by atoms with Gasteiger partial charge in [0, 0.05) is 24.1 Å². The van der Waals surface area contributed by atoms with Crippen molar-refractivity contribution < 1.29 is 9.53 Å². The highest BCUT2D eigenvalue weighted by molar-refractivity contribution is 5.86. The Morgan fingerprint density at radius 1 is 1.25 bits per heavy atom. The Labute approximate surface area is 142 Å². The first-order chi connectivity index (χ1) is 11.6. The number of aromatic nitrogens is 2. The summed E-state index contributed by atoms with van der Waals surface area (Å²) in [6.07, 6.45) is 4.19. The maximum atomic E-state index is 11.7. The summed E-state index contributed by atoms with van der Waals surface area (Å²) in [5, 5.41) is 0. The van der Waals surface area contributed by atoms with Gasteiger partial charge >= 0.3 is 5.97 Å². The first kappa shape index (κ1) is 17.5. The second-order valence-corrected chi connectivity index (χ2v) is 5.44. The van der Waals surface area contributed by atoms with Crippen molar-refractivity contribution in [1.82, 2.24) is 9.55 Å². The predicted molar refractivity (Wildman–Crippen MR) is 96.4 cm³/mol. The lowest BCUT2D eigenvalue weighted by atomic mass is 10.2. The Hall–Kier alpha value is -2.88. The third kappa shape index (κ3) is 3.90. The summed E-state index contributed by atoms with van der Waals surface area (Å²) >= 11 is 0. The van der Waals surface area contributed by atoms with E-state index in [-0.39, 0.29) is 6.61 Å². The van der Waals surface area contributed by atoms with Gasteiger partial charge in [-0.3, -0.25) is 0 Å². The van der Waals surface area contributed by atoms with Gasteiger partial charge < -0.3 is 9.30 Å². The molecule has 0 atom stereocenters.